The smallest absolute Gasteiger partial charge is 0.228 e. The Kier molecular flexibility index (Phi) is 9.15. The van der Waals surface area contributed by atoms with Gasteiger partial charge in [0.05, 0.1) is 26.7 Å². The quantitative estimate of drug-likeness (QED) is 0.342. The minimum absolute atomic E-state index is 0.125. The Morgan fingerprint density at radius 2 is 1.68 bits per heavy atom. The molecule has 196 valence electrons. The Hall–Kier alpha value is -4.56. The lowest BCUT2D eigenvalue weighted by Gasteiger charge is -2.28. The zero-order valence-corrected chi connectivity index (χ0v) is 21.5. The standard InChI is InChI=1S/C30H33N5O3/c1-22(33-25-11-13-27(14-12-25)35-17-19-38-20-18-35)32-16-15-28(31)23-7-9-26(10-8-23)34-30(36)21-24-5-3-4-6-29(24)37-2/h3-16,33H,1,17-21,31H2,2H3,(H,34,36)/b28-15-,32-16?. The molecule has 1 aliphatic heterocycles. The second-order valence-corrected chi connectivity index (χ2v) is 8.73. The Morgan fingerprint density at radius 1 is 1.03 bits per heavy atom. The maximum absolute atomic E-state index is 12.5. The summed E-state index contributed by atoms with van der Waals surface area (Å²) in [6.07, 6.45) is 3.54. The van der Waals surface area contributed by atoms with Gasteiger partial charge < -0.3 is 30.7 Å². The first-order valence-corrected chi connectivity index (χ1v) is 12.4. The average Bonchev–Trinajstić information content (AvgIpc) is 2.94. The molecule has 0 spiro atoms. The molecule has 38 heavy (non-hydrogen) atoms. The van der Waals surface area contributed by atoms with Gasteiger partial charge in [0.1, 0.15) is 11.6 Å². The number of rotatable bonds is 10. The number of nitrogens with zero attached hydrogens (tertiary/aromatic N) is 2. The first-order chi connectivity index (χ1) is 18.5. The van der Waals surface area contributed by atoms with Gasteiger partial charge in [0.25, 0.3) is 0 Å². The molecule has 8 nitrogen and oxygen atoms in total. The van der Waals surface area contributed by atoms with Gasteiger partial charge in [-0.2, -0.15) is 0 Å². The number of hydrogen-bond acceptors (Lipinski definition) is 7. The number of hydrogen-bond donors (Lipinski definition) is 3. The molecule has 0 unspecified atom stereocenters. The average molecular weight is 512 g/mol. The lowest BCUT2D eigenvalue weighted by atomic mass is 10.1. The first-order valence-electron chi connectivity index (χ1n) is 12.4. The number of ether oxygens (including phenoxy) is 2. The van der Waals surface area contributed by atoms with Crippen molar-refractivity contribution in [1.82, 2.24) is 0 Å². The number of methoxy groups -OCH3 is 1. The number of para-hydroxylation sites is 1. The highest BCUT2D eigenvalue weighted by molar-refractivity contribution is 5.93. The maximum Gasteiger partial charge on any atom is 0.228 e. The number of aliphatic imine (C=N–C) groups is 1. The topological polar surface area (TPSA) is 101 Å². The van der Waals surface area contributed by atoms with Crippen molar-refractivity contribution in [3.63, 3.8) is 0 Å². The molecule has 0 aliphatic carbocycles. The number of benzene rings is 3. The third-order valence-corrected chi connectivity index (χ3v) is 6.06. The van der Waals surface area contributed by atoms with Gasteiger partial charge in [-0.25, -0.2) is 4.99 Å². The zero-order chi connectivity index (χ0) is 26.7. The number of amides is 1. The van der Waals surface area contributed by atoms with Crippen LogP contribution in [0.2, 0.25) is 0 Å². The number of carbonyl (C=O) groups excluding carboxylic acids is 1. The lowest BCUT2D eigenvalue weighted by Crippen LogP contribution is -2.36. The summed E-state index contributed by atoms with van der Waals surface area (Å²) in [5.74, 6) is 1.07. The molecule has 3 aromatic carbocycles. The van der Waals surface area contributed by atoms with Crippen LogP contribution in [0.1, 0.15) is 11.1 Å². The van der Waals surface area contributed by atoms with Crippen LogP contribution in [0.5, 0.6) is 5.75 Å². The fourth-order valence-electron chi connectivity index (χ4n) is 4.05. The molecule has 1 heterocycles. The van der Waals surface area contributed by atoms with E-state index in [-0.39, 0.29) is 12.3 Å². The summed E-state index contributed by atoms with van der Waals surface area (Å²) in [7, 11) is 1.59. The monoisotopic (exact) mass is 511 g/mol. The number of allylic oxidation sites excluding steroid dienone is 1. The molecule has 3 aromatic rings. The summed E-state index contributed by atoms with van der Waals surface area (Å²) in [5.41, 5.74) is 11.2. The van der Waals surface area contributed by atoms with Gasteiger partial charge >= 0.3 is 0 Å². The van der Waals surface area contributed by atoms with E-state index in [2.05, 4.69) is 39.2 Å². The van der Waals surface area contributed by atoms with E-state index in [0.29, 0.717) is 23.0 Å². The van der Waals surface area contributed by atoms with Crippen molar-refractivity contribution in [2.75, 3.05) is 48.9 Å². The molecule has 0 radical (unpaired) electrons. The van der Waals surface area contributed by atoms with Crippen LogP contribution in [0.25, 0.3) is 5.70 Å². The predicted molar refractivity (Wildman–Crippen MR) is 155 cm³/mol. The summed E-state index contributed by atoms with van der Waals surface area (Å²) < 4.78 is 10.7. The van der Waals surface area contributed by atoms with E-state index >= 15 is 0 Å². The highest BCUT2D eigenvalue weighted by Gasteiger charge is 2.11. The van der Waals surface area contributed by atoms with Crippen molar-refractivity contribution >= 4 is 34.9 Å². The van der Waals surface area contributed by atoms with Crippen LogP contribution in [0.4, 0.5) is 17.1 Å². The van der Waals surface area contributed by atoms with Gasteiger partial charge in [-0.1, -0.05) is 36.9 Å². The minimum Gasteiger partial charge on any atom is -0.496 e. The normalized spacial score (nSPS) is 13.8. The van der Waals surface area contributed by atoms with Crippen molar-refractivity contribution in [2.45, 2.75) is 6.42 Å². The van der Waals surface area contributed by atoms with Crippen molar-refractivity contribution in [2.24, 2.45) is 10.7 Å². The van der Waals surface area contributed by atoms with Crippen molar-refractivity contribution in [1.29, 1.82) is 0 Å². The zero-order valence-electron chi connectivity index (χ0n) is 21.5. The van der Waals surface area contributed by atoms with Crippen molar-refractivity contribution < 1.29 is 14.3 Å². The van der Waals surface area contributed by atoms with E-state index < -0.39 is 0 Å². The number of nitrogens with one attached hydrogen (secondary N) is 2. The molecule has 0 saturated carbocycles. The van der Waals surface area contributed by atoms with Crippen LogP contribution in [0.15, 0.2) is 96.3 Å². The minimum atomic E-state index is -0.125. The van der Waals surface area contributed by atoms with Gasteiger partial charge in [0, 0.05) is 47.6 Å². The molecule has 1 saturated heterocycles. The number of carbonyl (C=O) groups is 1. The first kappa shape index (κ1) is 26.5. The maximum atomic E-state index is 12.5. The SMILES string of the molecule is C=C(N=C/C=C(\N)c1ccc(NC(=O)Cc2ccccc2OC)cc1)Nc1ccc(N2CCOCC2)cc1. The number of nitrogens with two attached hydrogens (primary N) is 1. The van der Waals surface area contributed by atoms with Gasteiger partial charge in [0.15, 0.2) is 0 Å². The van der Waals surface area contributed by atoms with Crippen molar-refractivity contribution in [3.8, 4) is 5.75 Å². The van der Waals surface area contributed by atoms with Gasteiger partial charge in [-0.15, -0.1) is 0 Å². The number of morpholine rings is 1. The summed E-state index contributed by atoms with van der Waals surface area (Å²) in [5, 5.41) is 6.08. The van der Waals surface area contributed by atoms with Gasteiger partial charge in [0.2, 0.25) is 5.91 Å². The molecule has 1 amide bonds. The molecule has 0 atom stereocenters. The summed E-state index contributed by atoms with van der Waals surface area (Å²) in [6, 6.07) is 23.0. The molecule has 4 N–H and O–H groups in total. The Balaban J connectivity index is 1.26. The molecule has 4 rings (SSSR count). The van der Waals surface area contributed by atoms with Crippen LogP contribution >= 0.6 is 0 Å². The molecule has 0 bridgehead atoms. The molecule has 8 heteroatoms. The largest absolute Gasteiger partial charge is 0.496 e. The molecule has 1 aliphatic rings. The van der Waals surface area contributed by atoms with E-state index in [4.69, 9.17) is 15.2 Å². The Labute approximate surface area is 223 Å². The summed E-state index contributed by atoms with van der Waals surface area (Å²) in [4.78, 5) is 19.1. The van der Waals surface area contributed by atoms with Gasteiger partial charge in [-0.3, -0.25) is 4.79 Å². The number of anilines is 3. The third kappa shape index (κ3) is 7.47. The van der Waals surface area contributed by atoms with E-state index in [1.54, 1.807) is 19.4 Å². The fourth-order valence-corrected chi connectivity index (χ4v) is 4.05. The third-order valence-electron chi connectivity index (χ3n) is 6.06. The van der Waals surface area contributed by atoms with Gasteiger partial charge in [-0.05, 0) is 54.1 Å². The van der Waals surface area contributed by atoms with Crippen LogP contribution in [-0.4, -0.2) is 45.5 Å². The van der Waals surface area contributed by atoms with Crippen LogP contribution in [0, 0.1) is 0 Å². The van der Waals surface area contributed by atoms with E-state index in [1.165, 1.54) is 5.69 Å². The van der Waals surface area contributed by atoms with E-state index in [1.807, 2.05) is 60.7 Å². The van der Waals surface area contributed by atoms with Crippen molar-refractivity contribution in [3.05, 3.63) is 102 Å². The highest BCUT2D eigenvalue weighted by atomic mass is 16.5. The van der Waals surface area contributed by atoms with Crippen LogP contribution in [0.3, 0.4) is 0 Å². The second-order valence-electron chi connectivity index (χ2n) is 8.73. The molecular formula is C30H33N5O3. The second kappa shape index (κ2) is 13.1. The summed E-state index contributed by atoms with van der Waals surface area (Å²) in [6.45, 7) is 7.28. The molecule has 1 fully saturated rings. The van der Waals surface area contributed by atoms with E-state index in [9.17, 15) is 4.79 Å². The van der Waals surface area contributed by atoms with E-state index in [0.717, 1.165) is 43.1 Å². The van der Waals surface area contributed by atoms with Crippen LogP contribution < -0.4 is 26.0 Å². The molecule has 0 aromatic heterocycles. The highest BCUT2D eigenvalue weighted by Crippen LogP contribution is 2.21. The summed E-state index contributed by atoms with van der Waals surface area (Å²) >= 11 is 0. The predicted octanol–water partition coefficient (Wildman–Crippen LogP) is 4.67. The Bertz CT molecular complexity index is 1290. The Morgan fingerprint density at radius 3 is 2.39 bits per heavy atom. The molecular weight excluding hydrogens is 478 g/mol. The lowest BCUT2D eigenvalue weighted by molar-refractivity contribution is -0.115. The fraction of sp³-hybridized carbons (Fsp3) is 0.200. The van der Waals surface area contributed by atoms with Crippen LogP contribution in [-0.2, 0) is 16.0 Å².